The molecule has 2 aliphatic heterocycles. The van der Waals surface area contributed by atoms with Crippen molar-refractivity contribution in [2.45, 2.75) is 16.3 Å². The van der Waals surface area contributed by atoms with Gasteiger partial charge < -0.3 is 9.80 Å². The molecule has 0 saturated heterocycles. The molecule has 4 rings (SSSR count). The summed E-state index contributed by atoms with van der Waals surface area (Å²) in [4.78, 5) is 3.77. The minimum Gasteiger partial charge on any atom is -0.329 e. The van der Waals surface area contributed by atoms with Crippen LogP contribution in [0.25, 0.3) is 0 Å². The topological polar surface area (TPSA) is 40.6 Å². The first-order valence-electron chi connectivity index (χ1n) is 8.32. The fourth-order valence-electron chi connectivity index (χ4n) is 3.08. The van der Waals surface area contributed by atoms with Crippen LogP contribution in [-0.4, -0.2) is 24.8 Å². The van der Waals surface area contributed by atoms with Crippen LogP contribution in [0.3, 0.4) is 0 Å². The van der Waals surface area contributed by atoms with Gasteiger partial charge in [-0.3, -0.25) is 0 Å². The second-order valence-electron chi connectivity index (χ2n) is 6.28. The second-order valence-corrected chi connectivity index (χ2v) is 8.23. The maximum Gasteiger partial charge on any atom is 0.206 e. The normalized spacial score (nSPS) is 15.9. The van der Waals surface area contributed by atoms with E-state index in [9.17, 15) is 17.2 Å². The summed E-state index contributed by atoms with van der Waals surface area (Å²) in [6, 6.07) is 8.61. The fraction of sp³-hybridized carbons (Fsp3) is 0.100. The molecule has 0 radical (unpaired) electrons. The average molecular weight is 386 g/mol. The van der Waals surface area contributed by atoms with E-state index in [1.807, 2.05) is 24.6 Å². The molecule has 0 fully saturated rings. The smallest absolute Gasteiger partial charge is 0.206 e. The highest BCUT2D eigenvalue weighted by Gasteiger charge is 2.22. The Labute approximate surface area is 156 Å². The van der Waals surface area contributed by atoms with Crippen LogP contribution in [0, 0.1) is 11.6 Å². The van der Waals surface area contributed by atoms with Crippen LogP contribution in [0.5, 0.6) is 0 Å². The van der Waals surface area contributed by atoms with Crippen molar-refractivity contribution < 1.29 is 17.2 Å². The van der Waals surface area contributed by atoms with Crippen LogP contribution >= 0.6 is 0 Å². The molecule has 0 atom stereocenters. The molecule has 4 nitrogen and oxygen atoms in total. The quantitative estimate of drug-likeness (QED) is 0.802. The van der Waals surface area contributed by atoms with Gasteiger partial charge in [0.2, 0.25) is 9.84 Å². The van der Waals surface area contributed by atoms with Gasteiger partial charge in [0, 0.05) is 31.6 Å². The molecule has 2 aliphatic rings. The monoisotopic (exact) mass is 386 g/mol. The lowest BCUT2D eigenvalue weighted by atomic mass is 10.2. The second kappa shape index (κ2) is 6.66. The zero-order valence-corrected chi connectivity index (χ0v) is 15.0. The summed E-state index contributed by atoms with van der Waals surface area (Å²) < 4.78 is 51.9. The van der Waals surface area contributed by atoms with Crippen molar-refractivity contribution in [1.82, 2.24) is 9.80 Å². The highest BCUT2D eigenvalue weighted by molar-refractivity contribution is 7.91. The average Bonchev–Trinajstić information content (AvgIpc) is 3.04. The van der Waals surface area contributed by atoms with Crippen LogP contribution in [0.2, 0.25) is 0 Å². The van der Waals surface area contributed by atoms with Crippen molar-refractivity contribution in [2.24, 2.45) is 0 Å². The first-order valence-corrected chi connectivity index (χ1v) is 9.80. The van der Waals surface area contributed by atoms with Crippen molar-refractivity contribution in [3.8, 4) is 0 Å². The van der Waals surface area contributed by atoms with E-state index in [1.54, 1.807) is 12.1 Å². The Kier molecular flexibility index (Phi) is 4.31. The van der Waals surface area contributed by atoms with Gasteiger partial charge in [0.15, 0.2) is 0 Å². The minimum absolute atomic E-state index is 0.00495. The highest BCUT2D eigenvalue weighted by atomic mass is 32.2. The van der Waals surface area contributed by atoms with Gasteiger partial charge in [-0.1, -0.05) is 24.3 Å². The molecule has 2 aromatic rings. The SMILES string of the molecule is O=S(=O)(c1ccc(CN2C=CN3CC=CC=C32)cc1)c1cc(F)cc(F)c1. The zero-order chi connectivity index (χ0) is 19.0. The maximum atomic E-state index is 13.4. The molecule has 0 aromatic heterocycles. The van der Waals surface area contributed by atoms with Crippen LogP contribution in [-0.2, 0) is 16.4 Å². The molecular formula is C20H16F2N2O2S. The number of halogens is 2. The van der Waals surface area contributed by atoms with Gasteiger partial charge in [0.1, 0.15) is 17.5 Å². The van der Waals surface area contributed by atoms with Gasteiger partial charge >= 0.3 is 0 Å². The van der Waals surface area contributed by atoms with Gasteiger partial charge in [-0.15, -0.1) is 0 Å². The van der Waals surface area contributed by atoms with Crippen LogP contribution in [0.4, 0.5) is 8.78 Å². The summed E-state index contributed by atoms with van der Waals surface area (Å²) in [6.07, 6.45) is 10.0. The van der Waals surface area contributed by atoms with Gasteiger partial charge in [-0.25, -0.2) is 17.2 Å². The molecule has 2 aromatic carbocycles. The number of sulfone groups is 1. The van der Waals surface area contributed by atoms with Crippen molar-refractivity contribution in [3.05, 3.63) is 96.1 Å². The van der Waals surface area contributed by atoms with Crippen LogP contribution in [0.1, 0.15) is 5.56 Å². The van der Waals surface area contributed by atoms with Gasteiger partial charge in [-0.2, -0.15) is 0 Å². The predicted molar refractivity (Wildman–Crippen MR) is 96.9 cm³/mol. The Morgan fingerprint density at radius 1 is 0.926 bits per heavy atom. The summed E-state index contributed by atoms with van der Waals surface area (Å²) in [6.45, 7) is 1.40. The van der Waals surface area contributed by atoms with E-state index in [4.69, 9.17) is 0 Å². The number of rotatable bonds is 4. The van der Waals surface area contributed by atoms with Crippen molar-refractivity contribution in [2.75, 3.05) is 6.54 Å². The van der Waals surface area contributed by atoms with Gasteiger partial charge in [0.25, 0.3) is 0 Å². The summed E-state index contributed by atoms with van der Waals surface area (Å²) in [5.41, 5.74) is 0.918. The number of hydrogen-bond donors (Lipinski definition) is 0. The number of allylic oxidation sites excluding steroid dienone is 2. The van der Waals surface area contributed by atoms with Crippen LogP contribution < -0.4 is 0 Å². The largest absolute Gasteiger partial charge is 0.329 e. The third-order valence-corrected chi connectivity index (χ3v) is 6.18. The first-order chi connectivity index (χ1) is 12.9. The molecule has 0 saturated carbocycles. The van der Waals surface area contributed by atoms with Gasteiger partial charge in [-0.05, 0) is 35.9 Å². The van der Waals surface area contributed by atoms with E-state index in [0.29, 0.717) is 12.6 Å². The summed E-state index contributed by atoms with van der Waals surface area (Å²) in [5.74, 6) is -0.791. The lowest BCUT2D eigenvalue weighted by Gasteiger charge is -2.25. The Hall–Kier alpha value is -2.93. The molecule has 138 valence electrons. The summed E-state index contributed by atoms with van der Waals surface area (Å²) in [5, 5.41) is 0. The molecule has 0 unspecified atom stereocenters. The lowest BCUT2D eigenvalue weighted by molar-refractivity contribution is 0.367. The van der Waals surface area contributed by atoms with E-state index in [2.05, 4.69) is 15.9 Å². The molecule has 0 bridgehead atoms. The molecule has 0 amide bonds. The Balaban J connectivity index is 1.56. The van der Waals surface area contributed by atoms with Crippen molar-refractivity contribution in [3.63, 3.8) is 0 Å². The Bertz CT molecular complexity index is 1050. The summed E-state index contributed by atoms with van der Waals surface area (Å²) >= 11 is 0. The highest BCUT2D eigenvalue weighted by Crippen LogP contribution is 2.26. The third-order valence-electron chi connectivity index (χ3n) is 4.43. The predicted octanol–water partition coefficient (Wildman–Crippen LogP) is 3.80. The van der Waals surface area contributed by atoms with Crippen molar-refractivity contribution in [1.29, 1.82) is 0 Å². The fourth-order valence-corrected chi connectivity index (χ4v) is 4.38. The standard InChI is InChI=1S/C20H16F2N2O2S/c21-16-11-17(22)13-19(12-16)27(25,26)18-6-4-15(5-7-18)14-24-10-9-23-8-2-1-3-20(23)24/h1-7,9-13H,8,14H2. The number of nitrogens with zero attached hydrogens (tertiary/aromatic N) is 2. The molecular weight excluding hydrogens is 370 g/mol. The molecule has 7 heteroatoms. The molecule has 0 aliphatic carbocycles. The Morgan fingerprint density at radius 3 is 2.33 bits per heavy atom. The minimum atomic E-state index is -3.98. The molecule has 2 heterocycles. The van der Waals surface area contributed by atoms with E-state index in [0.717, 1.165) is 30.1 Å². The molecule has 0 spiro atoms. The van der Waals surface area contributed by atoms with Crippen molar-refractivity contribution >= 4 is 9.84 Å². The van der Waals surface area contributed by atoms with Crippen LogP contribution in [0.15, 0.2) is 88.7 Å². The molecule has 27 heavy (non-hydrogen) atoms. The van der Waals surface area contributed by atoms with Gasteiger partial charge in [0.05, 0.1) is 9.79 Å². The molecule has 0 N–H and O–H groups in total. The number of benzene rings is 2. The maximum absolute atomic E-state index is 13.4. The number of fused-ring (bicyclic) bond motifs is 1. The Morgan fingerprint density at radius 2 is 1.63 bits per heavy atom. The van der Waals surface area contributed by atoms with E-state index in [-0.39, 0.29) is 4.90 Å². The number of hydrogen-bond acceptors (Lipinski definition) is 4. The zero-order valence-electron chi connectivity index (χ0n) is 14.2. The van der Waals surface area contributed by atoms with E-state index < -0.39 is 26.4 Å². The van der Waals surface area contributed by atoms with E-state index >= 15 is 0 Å². The summed E-state index contributed by atoms with van der Waals surface area (Å²) in [7, 11) is -3.98. The third kappa shape index (κ3) is 3.38. The first kappa shape index (κ1) is 17.5. The van der Waals surface area contributed by atoms with E-state index in [1.165, 1.54) is 12.1 Å². The lowest BCUT2D eigenvalue weighted by Crippen LogP contribution is -2.24.